The number of amides is 2. The molecule has 2 N–H and O–H groups in total. The number of aryl methyl sites for hydroxylation is 1. The van der Waals surface area contributed by atoms with Gasteiger partial charge in [-0.15, -0.1) is 0 Å². The molecule has 1 heterocycles. The van der Waals surface area contributed by atoms with Crippen LogP contribution >= 0.6 is 0 Å². The first-order valence-corrected chi connectivity index (χ1v) is 7.76. The van der Waals surface area contributed by atoms with Crippen LogP contribution in [0.15, 0.2) is 36.5 Å². The van der Waals surface area contributed by atoms with Gasteiger partial charge in [0.1, 0.15) is 5.82 Å². The molecule has 0 spiro atoms. The number of aromatic nitrogens is 1. The van der Waals surface area contributed by atoms with Gasteiger partial charge >= 0.3 is 11.8 Å². The predicted molar refractivity (Wildman–Crippen MR) is 93.9 cm³/mol. The average molecular weight is 343 g/mol. The summed E-state index contributed by atoms with van der Waals surface area (Å²) in [5.41, 5.74) is 1.93. The molecule has 0 saturated carbocycles. The van der Waals surface area contributed by atoms with E-state index in [9.17, 15) is 9.59 Å². The van der Waals surface area contributed by atoms with Gasteiger partial charge in [0.05, 0.1) is 14.2 Å². The first-order chi connectivity index (χ1) is 12.0. The van der Waals surface area contributed by atoms with Crippen LogP contribution in [0.5, 0.6) is 11.5 Å². The van der Waals surface area contributed by atoms with Crippen LogP contribution in [-0.2, 0) is 16.0 Å². The summed E-state index contributed by atoms with van der Waals surface area (Å²) in [7, 11) is 3.13. The molecule has 0 radical (unpaired) electrons. The van der Waals surface area contributed by atoms with Gasteiger partial charge in [-0.05, 0) is 42.7 Å². The maximum atomic E-state index is 11.8. The summed E-state index contributed by atoms with van der Waals surface area (Å²) in [6.45, 7) is 2.21. The summed E-state index contributed by atoms with van der Waals surface area (Å²) in [5, 5.41) is 5.03. The largest absolute Gasteiger partial charge is 0.493 e. The number of hydrogen-bond acceptors (Lipinski definition) is 5. The maximum absolute atomic E-state index is 11.8. The summed E-state index contributed by atoms with van der Waals surface area (Å²) >= 11 is 0. The molecule has 7 heteroatoms. The summed E-state index contributed by atoms with van der Waals surface area (Å²) in [6, 6.07) is 8.96. The number of methoxy groups -OCH3 is 2. The quantitative estimate of drug-likeness (QED) is 0.779. The lowest BCUT2D eigenvalue weighted by Crippen LogP contribution is -2.36. The lowest BCUT2D eigenvalue weighted by molar-refractivity contribution is -0.136. The smallest absolute Gasteiger partial charge is 0.314 e. The first-order valence-electron chi connectivity index (χ1n) is 7.76. The molecular formula is C18H21N3O4. The molecule has 0 fully saturated rings. The Hall–Kier alpha value is -3.09. The number of pyridine rings is 1. The minimum atomic E-state index is -0.747. The van der Waals surface area contributed by atoms with Crippen LogP contribution in [0.4, 0.5) is 5.82 Å². The molecule has 2 aromatic rings. The van der Waals surface area contributed by atoms with E-state index in [2.05, 4.69) is 15.6 Å². The van der Waals surface area contributed by atoms with Crippen molar-refractivity contribution in [2.45, 2.75) is 13.3 Å². The number of hydrogen-bond donors (Lipinski definition) is 2. The monoisotopic (exact) mass is 343 g/mol. The lowest BCUT2D eigenvalue weighted by Gasteiger charge is -2.10. The van der Waals surface area contributed by atoms with Gasteiger partial charge in [0.15, 0.2) is 11.5 Å². The molecule has 0 aliphatic rings. The van der Waals surface area contributed by atoms with Crippen molar-refractivity contribution in [2.24, 2.45) is 0 Å². The van der Waals surface area contributed by atoms with Crippen LogP contribution < -0.4 is 20.1 Å². The molecule has 2 amide bonds. The van der Waals surface area contributed by atoms with Gasteiger partial charge in [-0.2, -0.15) is 0 Å². The van der Waals surface area contributed by atoms with Gasteiger partial charge in [-0.1, -0.05) is 12.1 Å². The SMILES string of the molecule is COc1ccc(CCNC(=O)C(=O)Nc2ccc(C)cn2)cc1OC. The second kappa shape index (κ2) is 8.68. The number of nitrogens with one attached hydrogen (secondary N) is 2. The van der Waals surface area contributed by atoms with E-state index in [0.29, 0.717) is 30.3 Å². The number of anilines is 1. The highest BCUT2D eigenvalue weighted by Gasteiger charge is 2.13. The standard InChI is InChI=1S/C18H21N3O4/c1-12-4-7-16(20-11-12)21-18(23)17(22)19-9-8-13-5-6-14(24-2)15(10-13)25-3/h4-7,10-11H,8-9H2,1-3H3,(H,19,22)(H,20,21,23). The number of carbonyl (C=O) groups is 2. The van der Waals surface area contributed by atoms with Gasteiger partial charge in [-0.3, -0.25) is 9.59 Å². The highest BCUT2D eigenvalue weighted by molar-refractivity contribution is 6.39. The Morgan fingerprint density at radius 3 is 2.44 bits per heavy atom. The first kappa shape index (κ1) is 18.3. The van der Waals surface area contributed by atoms with Crippen LogP contribution in [-0.4, -0.2) is 37.6 Å². The Balaban J connectivity index is 1.83. The van der Waals surface area contributed by atoms with Crippen molar-refractivity contribution in [1.82, 2.24) is 10.3 Å². The van der Waals surface area contributed by atoms with Gasteiger partial charge in [0.25, 0.3) is 0 Å². The zero-order valence-corrected chi connectivity index (χ0v) is 14.5. The van der Waals surface area contributed by atoms with Crippen LogP contribution in [0.3, 0.4) is 0 Å². The summed E-state index contributed by atoms with van der Waals surface area (Å²) in [5.74, 6) is 0.145. The van der Waals surface area contributed by atoms with Gasteiger partial charge in [0.2, 0.25) is 0 Å². The fraction of sp³-hybridized carbons (Fsp3) is 0.278. The summed E-state index contributed by atoms with van der Waals surface area (Å²) < 4.78 is 10.4. The van der Waals surface area contributed by atoms with E-state index in [0.717, 1.165) is 11.1 Å². The molecule has 0 atom stereocenters. The Morgan fingerprint density at radius 2 is 1.80 bits per heavy atom. The van der Waals surface area contributed by atoms with E-state index < -0.39 is 11.8 Å². The number of nitrogens with zero attached hydrogens (tertiary/aromatic N) is 1. The number of rotatable bonds is 6. The van der Waals surface area contributed by atoms with Gasteiger partial charge < -0.3 is 20.1 Å². The molecule has 0 aliphatic carbocycles. The van der Waals surface area contributed by atoms with E-state index >= 15 is 0 Å². The predicted octanol–water partition coefficient (Wildman–Crippen LogP) is 1.70. The molecular weight excluding hydrogens is 322 g/mol. The molecule has 0 unspecified atom stereocenters. The molecule has 1 aromatic heterocycles. The fourth-order valence-electron chi connectivity index (χ4n) is 2.15. The third kappa shape index (κ3) is 5.20. The Labute approximate surface area is 146 Å². The summed E-state index contributed by atoms with van der Waals surface area (Å²) in [4.78, 5) is 27.7. The van der Waals surface area contributed by atoms with Gasteiger partial charge in [0, 0.05) is 12.7 Å². The Bertz CT molecular complexity index is 744. The van der Waals surface area contributed by atoms with Crippen molar-refractivity contribution in [3.05, 3.63) is 47.7 Å². The van der Waals surface area contributed by atoms with E-state index in [1.165, 1.54) is 0 Å². The van der Waals surface area contributed by atoms with E-state index in [1.54, 1.807) is 38.6 Å². The molecule has 132 valence electrons. The van der Waals surface area contributed by atoms with Crippen LogP contribution in [0, 0.1) is 6.92 Å². The van der Waals surface area contributed by atoms with Crippen molar-refractivity contribution in [3.63, 3.8) is 0 Å². The molecule has 2 rings (SSSR count). The average Bonchev–Trinajstić information content (AvgIpc) is 2.63. The van der Waals surface area contributed by atoms with Gasteiger partial charge in [-0.25, -0.2) is 4.98 Å². The van der Waals surface area contributed by atoms with Crippen LogP contribution in [0.1, 0.15) is 11.1 Å². The Morgan fingerprint density at radius 1 is 1.04 bits per heavy atom. The van der Waals surface area contributed by atoms with E-state index in [-0.39, 0.29) is 0 Å². The van der Waals surface area contributed by atoms with Crippen molar-refractivity contribution in [1.29, 1.82) is 0 Å². The van der Waals surface area contributed by atoms with Crippen molar-refractivity contribution >= 4 is 17.6 Å². The molecule has 0 bridgehead atoms. The zero-order chi connectivity index (χ0) is 18.2. The van der Waals surface area contributed by atoms with Crippen molar-refractivity contribution < 1.29 is 19.1 Å². The van der Waals surface area contributed by atoms with Crippen LogP contribution in [0.25, 0.3) is 0 Å². The third-order valence-corrected chi connectivity index (χ3v) is 3.51. The molecule has 25 heavy (non-hydrogen) atoms. The number of carbonyl (C=O) groups excluding carboxylic acids is 2. The highest BCUT2D eigenvalue weighted by Crippen LogP contribution is 2.27. The lowest BCUT2D eigenvalue weighted by atomic mass is 10.1. The van der Waals surface area contributed by atoms with E-state index in [4.69, 9.17) is 9.47 Å². The van der Waals surface area contributed by atoms with Crippen molar-refractivity contribution in [3.8, 4) is 11.5 Å². The second-order valence-electron chi connectivity index (χ2n) is 5.37. The Kier molecular flexibility index (Phi) is 6.33. The molecule has 0 aliphatic heterocycles. The molecule has 1 aromatic carbocycles. The minimum absolute atomic E-state index is 0.322. The van der Waals surface area contributed by atoms with E-state index in [1.807, 2.05) is 19.1 Å². The third-order valence-electron chi connectivity index (χ3n) is 3.51. The normalized spacial score (nSPS) is 10.0. The molecule has 7 nitrogen and oxygen atoms in total. The summed E-state index contributed by atoms with van der Waals surface area (Å²) in [6.07, 6.45) is 2.17. The maximum Gasteiger partial charge on any atom is 0.314 e. The number of benzene rings is 1. The second-order valence-corrected chi connectivity index (χ2v) is 5.37. The van der Waals surface area contributed by atoms with Crippen molar-refractivity contribution in [2.75, 3.05) is 26.1 Å². The molecule has 0 saturated heterocycles. The number of ether oxygens (including phenoxy) is 2. The minimum Gasteiger partial charge on any atom is -0.493 e. The highest BCUT2D eigenvalue weighted by atomic mass is 16.5. The zero-order valence-electron chi connectivity index (χ0n) is 14.5. The van der Waals surface area contributed by atoms with Crippen LogP contribution in [0.2, 0.25) is 0 Å². The fourth-order valence-corrected chi connectivity index (χ4v) is 2.15. The topological polar surface area (TPSA) is 89.5 Å².